The Morgan fingerprint density at radius 3 is 2.68 bits per heavy atom. The van der Waals surface area contributed by atoms with Gasteiger partial charge in [0.1, 0.15) is 0 Å². The van der Waals surface area contributed by atoms with E-state index >= 15 is 0 Å². The monoisotopic (exact) mass is 355 g/mol. The molecular weight excluding hydrogens is 338 g/mol. The van der Waals surface area contributed by atoms with Crippen molar-refractivity contribution in [1.29, 1.82) is 0 Å². The van der Waals surface area contributed by atoms with Gasteiger partial charge in [0.2, 0.25) is 5.66 Å². The summed E-state index contributed by atoms with van der Waals surface area (Å²) in [5.74, 6) is -0.357. The zero-order valence-corrected chi connectivity index (χ0v) is 14.8. The first-order valence-electron chi connectivity index (χ1n) is 8.28. The lowest BCUT2D eigenvalue weighted by molar-refractivity contribution is -0.126. The molecule has 1 unspecified atom stereocenters. The van der Waals surface area contributed by atoms with E-state index in [2.05, 4.69) is 5.32 Å². The average Bonchev–Trinajstić information content (AvgIpc) is 2.84. The molecule has 2 aromatic carbocycles. The van der Waals surface area contributed by atoms with Crippen molar-refractivity contribution in [2.24, 2.45) is 0 Å². The summed E-state index contributed by atoms with van der Waals surface area (Å²) in [6.45, 7) is 2.64. The topological polar surface area (TPSA) is 52.7 Å². The van der Waals surface area contributed by atoms with Gasteiger partial charge >= 0.3 is 0 Å². The Morgan fingerprint density at radius 1 is 1.16 bits per heavy atom. The van der Waals surface area contributed by atoms with Crippen molar-refractivity contribution in [2.45, 2.75) is 19.0 Å². The Hall–Kier alpha value is -2.53. The summed E-state index contributed by atoms with van der Waals surface area (Å²) in [4.78, 5) is 29.7. The van der Waals surface area contributed by atoms with Crippen molar-refractivity contribution in [3.05, 3.63) is 58.6 Å². The van der Waals surface area contributed by atoms with Crippen LogP contribution in [0.15, 0.2) is 42.5 Å². The van der Waals surface area contributed by atoms with Crippen molar-refractivity contribution < 1.29 is 9.59 Å². The fourth-order valence-corrected chi connectivity index (χ4v) is 3.91. The smallest absolute Gasteiger partial charge is 0.278 e. The Balaban J connectivity index is 1.94. The summed E-state index contributed by atoms with van der Waals surface area (Å²) in [5.41, 5.74) is 1.52. The first-order chi connectivity index (χ1) is 12.0. The fraction of sp³-hybridized carbons (Fsp3) is 0.263. The number of amides is 2. The van der Waals surface area contributed by atoms with Crippen LogP contribution in [0.1, 0.15) is 29.3 Å². The minimum atomic E-state index is -1.22. The molecule has 0 radical (unpaired) electrons. The third-order valence-corrected chi connectivity index (χ3v) is 5.16. The SMILES string of the molecule is CCCN1C(=O)C2(Nc3ccc(Cl)cc3C(=O)N2C)c2ccccc21. The van der Waals surface area contributed by atoms with E-state index in [1.807, 2.05) is 31.2 Å². The van der Waals surface area contributed by atoms with Crippen LogP contribution in [0.3, 0.4) is 0 Å². The zero-order chi connectivity index (χ0) is 17.8. The van der Waals surface area contributed by atoms with Crippen LogP contribution in [0, 0.1) is 0 Å². The normalized spacial score (nSPS) is 21.4. The van der Waals surface area contributed by atoms with Crippen molar-refractivity contribution in [3.63, 3.8) is 0 Å². The van der Waals surface area contributed by atoms with Gasteiger partial charge in [-0.25, -0.2) is 0 Å². The summed E-state index contributed by atoms with van der Waals surface area (Å²) >= 11 is 6.04. The van der Waals surface area contributed by atoms with Gasteiger partial charge < -0.3 is 15.1 Å². The molecule has 1 N–H and O–H groups in total. The van der Waals surface area contributed by atoms with E-state index in [9.17, 15) is 9.59 Å². The molecule has 2 amide bonds. The number of likely N-dealkylation sites (N-methyl/N-ethyl adjacent to an activating group) is 1. The quantitative estimate of drug-likeness (QED) is 0.897. The number of fused-ring (bicyclic) bond motifs is 3. The summed E-state index contributed by atoms with van der Waals surface area (Å²) in [6, 6.07) is 12.7. The van der Waals surface area contributed by atoms with Gasteiger partial charge in [0.15, 0.2) is 0 Å². The molecule has 2 aliphatic rings. The second-order valence-electron chi connectivity index (χ2n) is 6.36. The van der Waals surface area contributed by atoms with E-state index in [1.54, 1.807) is 30.1 Å². The lowest BCUT2D eigenvalue weighted by atomic mass is 9.94. The van der Waals surface area contributed by atoms with Gasteiger partial charge in [0.05, 0.1) is 11.3 Å². The molecule has 2 aliphatic heterocycles. The molecule has 0 saturated heterocycles. The summed E-state index contributed by atoms with van der Waals surface area (Å²) in [7, 11) is 1.66. The number of rotatable bonds is 2. The van der Waals surface area contributed by atoms with Crippen LogP contribution in [-0.4, -0.2) is 30.3 Å². The lowest BCUT2D eigenvalue weighted by Gasteiger charge is -2.43. The number of halogens is 1. The summed E-state index contributed by atoms with van der Waals surface area (Å²) in [5, 5.41) is 3.82. The standard InChI is InChI=1S/C19H18ClN3O2/c1-3-10-23-16-7-5-4-6-14(16)19(18(23)25)21-15-9-8-12(20)11-13(15)17(24)22(19)2/h4-9,11,21H,3,10H2,1-2H3. The third-order valence-electron chi connectivity index (χ3n) is 4.92. The molecule has 6 heteroatoms. The van der Waals surface area contributed by atoms with E-state index in [4.69, 9.17) is 11.6 Å². The molecule has 0 bridgehead atoms. The highest BCUT2D eigenvalue weighted by Gasteiger charge is 2.57. The van der Waals surface area contributed by atoms with Crippen LogP contribution in [0.4, 0.5) is 11.4 Å². The predicted molar refractivity (Wildman–Crippen MR) is 97.9 cm³/mol. The van der Waals surface area contributed by atoms with E-state index < -0.39 is 5.66 Å². The number of carbonyl (C=O) groups excluding carboxylic acids is 2. The Bertz CT molecular complexity index is 898. The highest BCUT2D eigenvalue weighted by Crippen LogP contribution is 2.47. The van der Waals surface area contributed by atoms with E-state index in [0.29, 0.717) is 22.8 Å². The Kier molecular flexibility index (Phi) is 3.51. The molecule has 0 aromatic heterocycles. The first kappa shape index (κ1) is 16.0. The molecular formula is C19H18ClN3O2. The molecule has 0 aliphatic carbocycles. The molecule has 2 aromatic rings. The zero-order valence-electron chi connectivity index (χ0n) is 14.0. The second-order valence-corrected chi connectivity index (χ2v) is 6.80. The maximum Gasteiger partial charge on any atom is 0.278 e. The number of anilines is 2. The number of para-hydroxylation sites is 1. The molecule has 0 saturated carbocycles. The molecule has 4 rings (SSSR count). The van der Waals surface area contributed by atoms with Crippen LogP contribution >= 0.6 is 11.6 Å². The number of nitrogens with one attached hydrogen (secondary N) is 1. The first-order valence-corrected chi connectivity index (χ1v) is 8.66. The third kappa shape index (κ3) is 2.02. The maximum atomic E-state index is 13.4. The predicted octanol–water partition coefficient (Wildman–Crippen LogP) is 3.45. The Morgan fingerprint density at radius 2 is 1.92 bits per heavy atom. The van der Waals surface area contributed by atoms with Crippen LogP contribution in [-0.2, 0) is 10.5 Å². The van der Waals surface area contributed by atoms with E-state index in [-0.39, 0.29) is 11.8 Å². The van der Waals surface area contributed by atoms with E-state index in [1.165, 1.54) is 4.90 Å². The highest BCUT2D eigenvalue weighted by molar-refractivity contribution is 6.31. The van der Waals surface area contributed by atoms with Crippen molar-refractivity contribution in [1.82, 2.24) is 4.90 Å². The maximum absolute atomic E-state index is 13.4. The van der Waals surface area contributed by atoms with Gasteiger partial charge in [-0.1, -0.05) is 36.7 Å². The lowest BCUT2D eigenvalue weighted by Crippen LogP contribution is -2.61. The van der Waals surface area contributed by atoms with Crippen molar-refractivity contribution >= 4 is 34.8 Å². The molecule has 1 spiro atoms. The number of hydrogen-bond acceptors (Lipinski definition) is 3. The van der Waals surface area contributed by atoms with Gasteiger partial charge in [-0.2, -0.15) is 0 Å². The van der Waals surface area contributed by atoms with Gasteiger partial charge in [-0.15, -0.1) is 0 Å². The largest absolute Gasteiger partial charge is 0.350 e. The molecule has 1 atom stereocenters. The number of nitrogens with zero attached hydrogens (tertiary/aromatic N) is 2. The summed E-state index contributed by atoms with van der Waals surface area (Å²) in [6.07, 6.45) is 0.833. The van der Waals surface area contributed by atoms with Crippen LogP contribution in [0.25, 0.3) is 0 Å². The van der Waals surface area contributed by atoms with Crippen molar-refractivity contribution in [2.75, 3.05) is 23.8 Å². The van der Waals surface area contributed by atoms with Crippen LogP contribution in [0.5, 0.6) is 0 Å². The molecule has 128 valence electrons. The number of benzene rings is 2. The van der Waals surface area contributed by atoms with Gasteiger partial charge in [-0.3, -0.25) is 9.59 Å². The van der Waals surface area contributed by atoms with Crippen LogP contribution < -0.4 is 10.2 Å². The molecule has 2 heterocycles. The molecule has 0 fully saturated rings. The van der Waals surface area contributed by atoms with Crippen LogP contribution in [0.2, 0.25) is 5.02 Å². The van der Waals surface area contributed by atoms with Gasteiger partial charge in [0, 0.05) is 29.9 Å². The number of hydrogen-bond donors (Lipinski definition) is 1. The second kappa shape index (κ2) is 5.49. The Labute approximate surface area is 151 Å². The van der Waals surface area contributed by atoms with Crippen molar-refractivity contribution in [3.8, 4) is 0 Å². The fourth-order valence-electron chi connectivity index (χ4n) is 3.74. The highest BCUT2D eigenvalue weighted by atomic mass is 35.5. The van der Waals surface area contributed by atoms with E-state index in [0.717, 1.165) is 17.7 Å². The van der Waals surface area contributed by atoms with Gasteiger partial charge in [0.25, 0.3) is 11.8 Å². The number of carbonyl (C=O) groups is 2. The molecule has 25 heavy (non-hydrogen) atoms. The summed E-state index contributed by atoms with van der Waals surface area (Å²) < 4.78 is 0. The van der Waals surface area contributed by atoms with Gasteiger partial charge in [-0.05, 0) is 30.7 Å². The average molecular weight is 356 g/mol. The minimum Gasteiger partial charge on any atom is -0.350 e. The molecule has 5 nitrogen and oxygen atoms in total. The minimum absolute atomic E-state index is 0.132.